The van der Waals surface area contributed by atoms with E-state index in [1.54, 1.807) is 51.2 Å². The minimum absolute atomic E-state index is 0.228. The number of aromatic nitrogens is 1. The molecular weight excluding hydrogens is 286 g/mol. The van der Waals surface area contributed by atoms with Gasteiger partial charge in [0, 0.05) is 17.3 Å². The van der Waals surface area contributed by atoms with E-state index in [1.807, 2.05) is 12.1 Å². The molecule has 2 aromatic rings. The minimum atomic E-state index is -3.55. The maximum absolute atomic E-state index is 12.3. The van der Waals surface area contributed by atoms with Crippen LogP contribution in [0.4, 0.5) is 5.82 Å². The Hall–Kier alpha value is -1.92. The maximum Gasteiger partial charge on any atom is 0.241 e. The van der Waals surface area contributed by atoms with E-state index in [-0.39, 0.29) is 4.90 Å². The maximum atomic E-state index is 12.3. The number of rotatable bonds is 3. The third-order valence-corrected chi connectivity index (χ3v) is 4.46. The molecule has 0 saturated carbocycles. The predicted molar refractivity (Wildman–Crippen MR) is 84.2 cm³/mol. The molecule has 0 aliphatic rings. The van der Waals surface area contributed by atoms with E-state index in [0.717, 1.165) is 11.1 Å². The van der Waals surface area contributed by atoms with Gasteiger partial charge in [-0.3, -0.25) is 0 Å². The number of pyridine rings is 1. The number of nitrogens with zero attached hydrogens (tertiary/aromatic N) is 1. The Bertz CT molecular complexity index is 732. The van der Waals surface area contributed by atoms with Crippen LogP contribution >= 0.6 is 0 Å². The second kappa shape index (κ2) is 5.46. The first-order chi connectivity index (χ1) is 9.67. The van der Waals surface area contributed by atoms with Gasteiger partial charge in [-0.1, -0.05) is 12.1 Å². The monoisotopic (exact) mass is 305 g/mol. The highest BCUT2D eigenvalue weighted by molar-refractivity contribution is 7.89. The highest BCUT2D eigenvalue weighted by atomic mass is 32.2. The second-order valence-electron chi connectivity index (χ2n) is 5.86. The summed E-state index contributed by atoms with van der Waals surface area (Å²) in [5.41, 5.74) is 6.62. The molecule has 0 spiro atoms. The summed E-state index contributed by atoms with van der Waals surface area (Å²) in [4.78, 5) is 4.25. The first-order valence-electron chi connectivity index (χ1n) is 6.53. The number of nitrogens with two attached hydrogens (primary N) is 1. The Labute approximate surface area is 125 Å². The zero-order valence-electron chi connectivity index (χ0n) is 12.3. The summed E-state index contributed by atoms with van der Waals surface area (Å²) in [7, 11) is -3.55. The standard InChI is InChI=1S/C15H19N3O2S/c1-15(2,3)18-21(19,20)13-6-4-5-11(9-13)12-7-8-14(16)17-10-12/h4-10,18H,1-3H3,(H2,16,17). The number of hydrogen-bond donors (Lipinski definition) is 2. The molecular formula is C15H19N3O2S. The van der Waals surface area contributed by atoms with Crippen LogP contribution in [0.25, 0.3) is 11.1 Å². The van der Waals surface area contributed by atoms with Crippen molar-refractivity contribution in [2.45, 2.75) is 31.2 Å². The molecule has 3 N–H and O–H groups in total. The van der Waals surface area contributed by atoms with Gasteiger partial charge < -0.3 is 5.73 Å². The summed E-state index contributed by atoms with van der Waals surface area (Å²) >= 11 is 0. The average molecular weight is 305 g/mol. The van der Waals surface area contributed by atoms with Gasteiger partial charge in [0.25, 0.3) is 0 Å². The van der Waals surface area contributed by atoms with Crippen molar-refractivity contribution >= 4 is 15.8 Å². The van der Waals surface area contributed by atoms with E-state index in [2.05, 4.69) is 9.71 Å². The van der Waals surface area contributed by atoms with E-state index in [1.165, 1.54) is 0 Å². The van der Waals surface area contributed by atoms with Crippen molar-refractivity contribution in [1.29, 1.82) is 0 Å². The van der Waals surface area contributed by atoms with Crippen LogP contribution < -0.4 is 10.5 Å². The first-order valence-corrected chi connectivity index (χ1v) is 8.02. The molecule has 1 aromatic carbocycles. The van der Waals surface area contributed by atoms with E-state index >= 15 is 0 Å². The molecule has 0 bridgehead atoms. The Morgan fingerprint density at radius 2 is 1.81 bits per heavy atom. The fraction of sp³-hybridized carbons (Fsp3) is 0.267. The molecule has 0 amide bonds. The van der Waals surface area contributed by atoms with E-state index in [0.29, 0.717) is 5.82 Å². The molecule has 1 aromatic heterocycles. The van der Waals surface area contributed by atoms with Crippen LogP contribution in [-0.4, -0.2) is 18.9 Å². The van der Waals surface area contributed by atoms with E-state index in [9.17, 15) is 8.42 Å². The van der Waals surface area contributed by atoms with Crippen LogP contribution in [0, 0.1) is 0 Å². The summed E-state index contributed by atoms with van der Waals surface area (Å²) < 4.78 is 27.3. The fourth-order valence-corrected chi connectivity index (χ4v) is 3.34. The van der Waals surface area contributed by atoms with Crippen molar-refractivity contribution < 1.29 is 8.42 Å². The quantitative estimate of drug-likeness (QED) is 0.912. The van der Waals surface area contributed by atoms with Crippen molar-refractivity contribution in [1.82, 2.24) is 9.71 Å². The summed E-state index contributed by atoms with van der Waals surface area (Å²) in [5.74, 6) is 0.428. The van der Waals surface area contributed by atoms with Crippen molar-refractivity contribution in [2.24, 2.45) is 0 Å². The van der Waals surface area contributed by atoms with Gasteiger partial charge in [-0.15, -0.1) is 0 Å². The molecule has 0 aliphatic heterocycles. The van der Waals surface area contributed by atoms with Gasteiger partial charge in [-0.05, 0) is 50.6 Å². The first kappa shape index (κ1) is 15.5. The smallest absolute Gasteiger partial charge is 0.241 e. The highest BCUT2D eigenvalue weighted by Gasteiger charge is 2.22. The van der Waals surface area contributed by atoms with Gasteiger partial charge in [0.05, 0.1) is 4.90 Å². The van der Waals surface area contributed by atoms with Crippen LogP contribution in [0.5, 0.6) is 0 Å². The molecule has 21 heavy (non-hydrogen) atoms. The largest absolute Gasteiger partial charge is 0.384 e. The van der Waals surface area contributed by atoms with Gasteiger partial charge in [-0.2, -0.15) is 0 Å². The second-order valence-corrected chi connectivity index (χ2v) is 7.54. The number of nitrogens with one attached hydrogen (secondary N) is 1. The Balaban J connectivity index is 2.40. The summed E-state index contributed by atoms with van der Waals surface area (Å²) in [5, 5.41) is 0. The van der Waals surface area contributed by atoms with Crippen molar-refractivity contribution in [2.75, 3.05) is 5.73 Å². The predicted octanol–water partition coefficient (Wildman–Crippen LogP) is 2.41. The Kier molecular flexibility index (Phi) is 4.02. The number of sulfonamides is 1. The number of anilines is 1. The highest BCUT2D eigenvalue weighted by Crippen LogP contribution is 2.23. The molecule has 5 nitrogen and oxygen atoms in total. The Morgan fingerprint density at radius 3 is 2.38 bits per heavy atom. The SMILES string of the molecule is CC(C)(C)NS(=O)(=O)c1cccc(-c2ccc(N)nc2)c1. The lowest BCUT2D eigenvalue weighted by Gasteiger charge is -2.20. The molecule has 0 unspecified atom stereocenters. The normalized spacial score (nSPS) is 12.3. The molecule has 1 heterocycles. The van der Waals surface area contributed by atoms with Crippen molar-refractivity contribution in [3.05, 3.63) is 42.6 Å². The lowest BCUT2D eigenvalue weighted by Crippen LogP contribution is -2.40. The van der Waals surface area contributed by atoms with Gasteiger partial charge in [0.15, 0.2) is 0 Å². The molecule has 6 heteroatoms. The van der Waals surface area contributed by atoms with Gasteiger partial charge in [0.2, 0.25) is 10.0 Å². The fourth-order valence-electron chi connectivity index (χ4n) is 1.88. The Morgan fingerprint density at radius 1 is 1.10 bits per heavy atom. The van der Waals surface area contributed by atoms with Crippen LogP contribution in [-0.2, 0) is 10.0 Å². The molecule has 0 saturated heterocycles. The van der Waals surface area contributed by atoms with Crippen LogP contribution in [0.1, 0.15) is 20.8 Å². The molecule has 0 atom stereocenters. The topological polar surface area (TPSA) is 85.1 Å². The van der Waals surface area contributed by atoms with Gasteiger partial charge in [0.1, 0.15) is 5.82 Å². The zero-order valence-corrected chi connectivity index (χ0v) is 13.1. The number of hydrogen-bond acceptors (Lipinski definition) is 4. The number of benzene rings is 1. The lowest BCUT2D eigenvalue weighted by molar-refractivity contribution is 0.491. The third kappa shape index (κ3) is 4.03. The van der Waals surface area contributed by atoms with Gasteiger partial charge in [-0.25, -0.2) is 18.1 Å². The molecule has 112 valence electrons. The average Bonchev–Trinajstić information content (AvgIpc) is 2.37. The van der Waals surface area contributed by atoms with Crippen LogP contribution in [0.15, 0.2) is 47.5 Å². The van der Waals surface area contributed by atoms with Crippen molar-refractivity contribution in [3.63, 3.8) is 0 Å². The molecule has 2 rings (SSSR count). The molecule has 0 radical (unpaired) electrons. The number of nitrogen functional groups attached to an aromatic ring is 1. The lowest BCUT2D eigenvalue weighted by atomic mass is 10.1. The van der Waals surface area contributed by atoms with Gasteiger partial charge >= 0.3 is 0 Å². The summed E-state index contributed by atoms with van der Waals surface area (Å²) in [6, 6.07) is 10.2. The van der Waals surface area contributed by atoms with E-state index < -0.39 is 15.6 Å². The third-order valence-electron chi connectivity index (χ3n) is 2.70. The zero-order chi connectivity index (χ0) is 15.7. The van der Waals surface area contributed by atoms with Crippen LogP contribution in [0.3, 0.4) is 0 Å². The van der Waals surface area contributed by atoms with Crippen LogP contribution in [0.2, 0.25) is 0 Å². The molecule has 0 fully saturated rings. The minimum Gasteiger partial charge on any atom is -0.384 e. The summed E-state index contributed by atoms with van der Waals surface area (Å²) in [6.45, 7) is 5.41. The summed E-state index contributed by atoms with van der Waals surface area (Å²) in [6.07, 6.45) is 1.62. The van der Waals surface area contributed by atoms with Crippen molar-refractivity contribution in [3.8, 4) is 11.1 Å². The molecule has 0 aliphatic carbocycles. The van der Waals surface area contributed by atoms with E-state index in [4.69, 9.17) is 5.73 Å².